The molecule has 2 aromatic heterocycles. The molecule has 0 aliphatic heterocycles. The molecule has 5 heteroatoms. The summed E-state index contributed by atoms with van der Waals surface area (Å²) < 4.78 is 7.04. The first-order valence-electron chi connectivity index (χ1n) is 7.03. The molecule has 0 bridgehead atoms. The molecule has 0 fully saturated rings. The average molecular weight is 289 g/mol. The van der Waals surface area contributed by atoms with E-state index in [-0.39, 0.29) is 12.7 Å². The molecule has 0 aliphatic rings. The molecule has 0 spiro atoms. The van der Waals surface area contributed by atoms with Gasteiger partial charge in [-0.3, -0.25) is 9.36 Å². The lowest BCUT2D eigenvalue weighted by molar-refractivity contribution is -0.156. The van der Waals surface area contributed by atoms with Crippen molar-refractivity contribution in [3.63, 3.8) is 0 Å². The van der Waals surface area contributed by atoms with Crippen molar-refractivity contribution < 1.29 is 9.53 Å². The molecule has 0 aliphatic carbocycles. The van der Waals surface area contributed by atoms with Crippen LogP contribution in [-0.2, 0) is 16.3 Å². The maximum atomic E-state index is 11.7. The fourth-order valence-electron chi connectivity index (χ4n) is 1.63. The van der Waals surface area contributed by atoms with Gasteiger partial charge in [-0.05, 0) is 32.9 Å². The van der Waals surface area contributed by atoms with Crippen LogP contribution in [0.1, 0.15) is 40.3 Å². The van der Waals surface area contributed by atoms with Gasteiger partial charge in [-0.25, -0.2) is 9.97 Å². The highest BCUT2D eigenvalue weighted by atomic mass is 16.5. The molecule has 114 valence electrons. The normalized spacial score (nSPS) is 10.7. The minimum Gasteiger partial charge on any atom is -0.443 e. The van der Waals surface area contributed by atoms with Gasteiger partial charge in [0.1, 0.15) is 12.0 Å². The zero-order chi connectivity index (χ0) is 16.0. The monoisotopic (exact) mass is 289 g/mol. The minimum atomic E-state index is -0.510. The molecule has 0 amide bonds. The molecule has 5 nitrogen and oxygen atoms in total. The Hall–Kier alpha value is -2.17. The van der Waals surface area contributed by atoms with Crippen LogP contribution < -0.4 is 0 Å². The predicted molar refractivity (Wildman–Crippen MR) is 84.5 cm³/mol. The summed E-state index contributed by atoms with van der Waals surface area (Å²) in [6, 6.07) is 1.89. The number of nitrogens with zero attached hydrogens (tertiary/aromatic N) is 3. The number of hydrogen-bond donors (Lipinski definition) is 0. The van der Waals surface area contributed by atoms with Crippen LogP contribution in [0.25, 0.3) is 17.1 Å². The van der Waals surface area contributed by atoms with Gasteiger partial charge in [-0.15, -0.1) is 0 Å². The topological polar surface area (TPSA) is 57.0 Å². The van der Waals surface area contributed by atoms with Crippen molar-refractivity contribution in [3.05, 3.63) is 30.9 Å². The highest BCUT2D eigenvalue weighted by molar-refractivity contribution is 5.84. The lowest BCUT2D eigenvalue weighted by atomic mass is 9.98. The SMILES string of the molecule is C=Cc1ncnc2c1ccn2COC(=O)C(C)(C)C.CC. The van der Waals surface area contributed by atoms with Crippen LogP contribution in [0, 0.1) is 5.41 Å². The molecular formula is C16H23N3O2. The van der Waals surface area contributed by atoms with E-state index in [0.29, 0.717) is 0 Å². The van der Waals surface area contributed by atoms with E-state index in [9.17, 15) is 4.79 Å². The summed E-state index contributed by atoms with van der Waals surface area (Å²) in [5.41, 5.74) is 0.988. The standard InChI is InChI=1S/C14H17N3O2.C2H6/c1-5-11-10-6-7-17(12(10)16-8-15-11)9-19-13(18)14(2,3)4;1-2/h5-8H,1,9H2,2-4H3;1-2H3. The second kappa shape index (κ2) is 7.02. The van der Waals surface area contributed by atoms with Crippen molar-refractivity contribution in [2.45, 2.75) is 41.3 Å². The third kappa shape index (κ3) is 3.90. The molecule has 0 saturated carbocycles. The second-order valence-corrected chi connectivity index (χ2v) is 5.30. The minimum absolute atomic E-state index is 0.146. The Morgan fingerprint density at radius 3 is 2.62 bits per heavy atom. The van der Waals surface area contributed by atoms with Crippen LogP contribution in [0.15, 0.2) is 25.2 Å². The van der Waals surface area contributed by atoms with Gasteiger partial charge in [-0.2, -0.15) is 0 Å². The molecule has 0 atom stereocenters. The van der Waals surface area contributed by atoms with Crippen LogP contribution in [0.2, 0.25) is 0 Å². The zero-order valence-corrected chi connectivity index (χ0v) is 13.4. The molecule has 21 heavy (non-hydrogen) atoms. The van der Waals surface area contributed by atoms with E-state index in [1.54, 1.807) is 10.6 Å². The van der Waals surface area contributed by atoms with Gasteiger partial charge < -0.3 is 4.74 Å². The molecule has 2 heterocycles. The number of aromatic nitrogens is 3. The van der Waals surface area contributed by atoms with Crippen LogP contribution in [0.5, 0.6) is 0 Å². The molecule has 0 aromatic carbocycles. The summed E-state index contributed by atoms with van der Waals surface area (Å²) in [6.07, 6.45) is 4.97. The summed E-state index contributed by atoms with van der Waals surface area (Å²) in [7, 11) is 0. The number of rotatable bonds is 3. The zero-order valence-electron chi connectivity index (χ0n) is 13.4. The first-order chi connectivity index (χ1) is 9.93. The summed E-state index contributed by atoms with van der Waals surface area (Å²) in [6.45, 7) is 13.3. The highest BCUT2D eigenvalue weighted by Gasteiger charge is 2.23. The predicted octanol–water partition coefficient (Wildman–Crippen LogP) is 3.65. The fourth-order valence-corrected chi connectivity index (χ4v) is 1.63. The van der Waals surface area contributed by atoms with Crippen molar-refractivity contribution in [1.29, 1.82) is 0 Å². The summed E-state index contributed by atoms with van der Waals surface area (Å²) in [5, 5.41) is 0.893. The van der Waals surface area contributed by atoms with E-state index in [1.165, 1.54) is 6.33 Å². The molecule has 2 rings (SSSR count). The van der Waals surface area contributed by atoms with Crippen molar-refractivity contribution in [1.82, 2.24) is 14.5 Å². The molecular weight excluding hydrogens is 266 g/mol. The second-order valence-electron chi connectivity index (χ2n) is 5.30. The van der Waals surface area contributed by atoms with E-state index < -0.39 is 5.41 Å². The van der Waals surface area contributed by atoms with Crippen molar-refractivity contribution >= 4 is 23.1 Å². The largest absolute Gasteiger partial charge is 0.443 e. The van der Waals surface area contributed by atoms with E-state index >= 15 is 0 Å². The Morgan fingerprint density at radius 1 is 1.38 bits per heavy atom. The summed E-state index contributed by atoms with van der Waals surface area (Å²) in [5.74, 6) is -0.243. The lowest BCUT2D eigenvalue weighted by Crippen LogP contribution is -2.23. The van der Waals surface area contributed by atoms with Crippen molar-refractivity contribution in [2.75, 3.05) is 0 Å². The molecule has 0 saturated heterocycles. The molecule has 0 unspecified atom stereocenters. The highest BCUT2D eigenvalue weighted by Crippen LogP contribution is 2.19. The van der Waals surface area contributed by atoms with Gasteiger partial charge in [0.15, 0.2) is 6.73 Å². The fraction of sp³-hybridized carbons (Fsp3) is 0.438. The van der Waals surface area contributed by atoms with E-state index in [4.69, 9.17) is 4.74 Å². The Kier molecular flexibility index (Phi) is 5.64. The third-order valence-electron chi connectivity index (χ3n) is 2.73. The van der Waals surface area contributed by atoms with Gasteiger partial charge >= 0.3 is 5.97 Å². The smallest absolute Gasteiger partial charge is 0.312 e. The van der Waals surface area contributed by atoms with E-state index in [1.807, 2.05) is 46.9 Å². The van der Waals surface area contributed by atoms with Crippen LogP contribution in [0.3, 0.4) is 0 Å². The van der Waals surface area contributed by atoms with Gasteiger partial charge in [-0.1, -0.05) is 20.4 Å². The number of esters is 1. The Balaban J connectivity index is 0.00000106. The van der Waals surface area contributed by atoms with Gasteiger partial charge in [0.25, 0.3) is 0 Å². The first-order valence-corrected chi connectivity index (χ1v) is 7.03. The Bertz CT molecular complexity index is 624. The summed E-state index contributed by atoms with van der Waals surface area (Å²) >= 11 is 0. The van der Waals surface area contributed by atoms with Gasteiger partial charge in [0, 0.05) is 11.6 Å². The van der Waals surface area contributed by atoms with Crippen molar-refractivity contribution in [3.8, 4) is 0 Å². The molecule has 2 aromatic rings. The molecule has 0 radical (unpaired) electrons. The third-order valence-corrected chi connectivity index (χ3v) is 2.73. The number of hydrogen-bond acceptors (Lipinski definition) is 4. The number of ether oxygens (including phenoxy) is 1. The van der Waals surface area contributed by atoms with E-state index in [0.717, 1.165) is 16.7 Å². The Morgan fingerprint density at radius 2 is 2.05 bits per heavy atom. The number of fused-ring (bicyclic) bond motifs is 1. The van der Waals surface area contributed by atoms with Crippen molar-refractivity contribution in [2.24, 2.45) is 5.41 Å². The number of carbonyl (C=O) groups is 1. The van der Waals surface area contributed by atoms with Gasteiger partial charge in [0.05, 0.1) is 11.1 Å². The lowest BCUT2D eigenvalue weighted by Gasteiger charge is -2.16. The molecule has 0 N–H and O–H groups in total. The Labute approximate surface area is 125 Å². The van der Waals surface area contributed by atoms with Crippen LogP contribution in [0.4, 0.5) is 0 Å². The van der Waals surface area contributed by atoms with E-state index in [2.05, 4.69) is 16.5 Å². The average Bonchev–Trinajstić information content (AvgIpc) is 2.89. The maximum Gasteiger partial charge on any atom is 0.312 e. The van der Waals surface area contributed by atoms with Crippen LogP contribution in [-0.4, -0.2) is 20.5 Å². The summed E-state index contributed by atoms with van der Waals surface area (Å²) in [4.78, 5) is 20.1. The van der Waals surface area contributed by atoms with Crippen LogP contribution >= 0.6 is 0 Å². The number of carbonyl (C=O) groups excluding carboxylic acids is 1. The maximum absolute atomic E-state index is 11.7. The quantitative estimate of drug-likeness (QED) is 0.809. The first kappa shape index (κ1) is 16.9. The van der Waals surface area contributed by atoms with Gasteiger partial charge in [0.2, 0.25) is 0 Å².